The van der Waals surface area contributed by atoms with Gasteiger partial charge in [0.15, 0.2) is 0 Å². The van der Waals surface area contributed by atoms with Crippen molar-refractivity contribution in [3.63, 3.8) is 0 Å². The average Bonchev–Trinajstić information content (AvgIpc) is 1.50. The van der Waals surface area contributed by atoms with E-state index in [0.717, 1.165) is 102 Å². The number of benzene rings is 4. The summed E-state index contributed by atoms with van der Waals surface area (Å²) in [5, 5.41) is 2.74. The Morgan fingerprint density at radius 3 is 1.09 bits per heavy atom. The van der Waals surface area contributed by atoms with Crippen LogP contribution in [0.2, 0.25) is 36.3 Å². The first-order chi connectivity index (χ1) is 55.7. The summed E-state index contributed by atoms with van der Waals surface area (Å²) in [6.07, 6.45) is 40.3. The van der Waals surface area contributed by atoms with Gasteiger partial charge in [-0.15, -0.1) is 0 Å². The summed E-state index contributed by atoms with van der Waals surface area (Å²) < 4.78 is 75.6. The summed E-state index contributed by atoms with van der Waals surface area (Å²) in [5.41, 5.74) is 12.9. The summed E-state index contributed by atoms with van der Waals surface area (Å²) >= 11 is 10.5. The second kappa shape index (κ2) is 43.8. The second-order valence-corrected chi connectivity index (χ2v) is 51.8. The van der Waals surface area contributed by atoms with Gasteiger partial charge in [-0.25, -0.2) is 0 Å². The van der Waals surface area contributed by atoms with Crippen LogP contribution in [-0.4, -0.2) is 75.2 Å². The standard InChI is InChI=1S/C96H128F2N4O2S6Se2Si2/c1-13-21-29-31-33-35-37-39-41-43-55-103-93-66(10)82(90-89(68(93)12)99-111-100-90)75-49-47-73(106-75)69-45-46-70(88(98)87(69)97)74-48-50-78(107-74)86-92-91(101-112-102-92)83(67(11)94(86)104-56-44-42-40-38-36-34-32-30-22-14-2)79-64-72-85(77-52-54-81(109-77)114(60-26-18-6,61-27-19-7)62-28-20-8)95-71(63-65(9)105-95)84(96(72)110-79)76-51-53-80(108-76)113(57-23-15-3,58-24-16-4)59-25-17-5/h45-54,63-64H,13-44,55-62H2,1-12H3. The van der Waals surface area contributed by atoms with Crippen molar-refractivity contribution in [2.24, 2.45) is 0 Å². The minimum absolute atomic E-state index is 0.238. The Kier molecular flexibility index (Phi) is 34.2. The Morgan fingerprint density at radius 1 is 0.307 bits per heavy atom. The molecule has 4 aromatic carbocycles. The Morgan fingerprint density at radius 2 is 0.640 bits per heavy atom. The molecule has 114 heavy (non-hydrogen) atoms. The summed E-state index contributed by atoms with van der Waals surface area (Å²) in [6, 6.07) is 35.3. The molecular formula is C96H128F2N4O2S6Se2Si2. The van der Waals surface area contributed by atoms with Crippen molar-refractivity contribution >= 4 is 165 Å². The number of rotatable bonds is 51. The van der Waals surface area contributed by atoms with Crippen LogP contribution >= 0.6 is 68.0 Å². The van der Waals surface area contributed by atoms with Crippen LogP contribution in [0.25, 0.3) is 115 Å². The molecule has 18 heteroatoms. The Balaban J connectivity index is 0.939. The number of fused-ring (bicyclic) bond motifs is 4. The molecule has 0 radical (unpaired) electrons. The molecule has 0 saturated carbocycles. The fourth-order valence-electron chi connectivity index (χ4n) is 17.9. The van der Waals surface area contributed by atoms with Crippen LogP contribution in [0.3, 0.4) is 0 Å². The van der Waals surface area contributed by atoms with Gasteiger partial charge in [0.2, 0.25) is 0 Å². The molecule has 0 aliphatic carbocycles. The molecular weight excluding hydrogens is 1690 g/mol. The molecule has 0 atom stereocenters. The van der Waals surface area contributed by atoms with Crippen LogP contribution in [0.1, 0.15) is 282 Å². The average molecular weight is 1810 g/mol. The monoisotopic (exact) mass is 1810 g/mol. The van der Waals surface area contributed by atoms with Gasteiger partial charge in [0.1, 0.15) is 0 Å². The van der Waals surface area contributed by atoms with Gasteiger partial charge in [0.25, 0.3) is 0 Å². The maximum absolute atomic E-state index is 17.4. The predicted octanol–water partition coefficient (Wildman–Crippen LogP) is 32.3. The van der Waals surface area contributed by atoms with E-state index in [1.807, 2.05) is 40.9 Å². The quantitative estimate of drug-likeness (QED) is 0.0279. The van der Waals surface area contributed by atoms with Gasteiger partial charge in [-0.1, -0.05) is 184 Å². The summed E-state index contributed by atoms with van der Waals surface area (Å²) in [6.45, 7) is 29.0. The molecule has 0 spiro atoms. The van der Waals surface area contributed by atoms with Gasteiger partial charge in [0.05, 0.1) is 0 Å². The third-order valence-electron chi connectivity index (χ3n) is 24.5. The SMILES string of the molecule is CCCCCCCCCCCCOc1c(C)c(-c2ccc(-c3ccc(-c4ccc(-c5c(OCCCCCCCCCCCC)c(C)c(-c6cc7c(-c8ccc([Si](CCCC)(CCCC)CCCC)s8)c8sc(C)cc8c(-c8ccc([Si](CCCC)(CCCC)CCCC)s8)c7s6)c6n[se]nc56)s4)c(F)c3F)s2)c2n[se]nc2c1C. The van der Waals surface area contributed by atoms with Gasteiger partial charge in [0, 0.05) is 0 Å². The number of thiophene rings is 6. The third kappa shape index (κ3) is 20.5. The van der Waals surface area contributed by atoms with E-state index in [1.54, 1.807) is 21.1 Å². The van der Waals surface area contributed by atoms with E-state index in [-0.39, 0.29) is 26.1 Å². The number of halogens is 2. The molecule has 0 bridgehead atoms. The first kappa shape index (κ1) is 89.0. The molecule has 0 fully saturated rings. The molecule has 0 aliphatic rings. The first-order valence-electron chi connectivity index (χ1n) is 44.4. The molecule has 0 N–H and O–H groups in total. The van der Waals surface area contributed by atoms with Crippen molar-refractivity contribution in [1.82, 2.24) is 15.9 Å². The van der Waals surface area contributed by atoms with Gasteiger partial charge in [-0.3, -0.25) is 0 Å². The van der Waals surface area contributed by atoms with E-state index in [4.69, 9.17) is 25.4 Å². The van der Waals surface area contributed by atoms with Crippen molar-refractivity contribution in [3.8, 4) is 84.6 Å². The van der Waals surface area contributed by atoms with Crippen molar-refractivity contribution in [3.05, 3.63) is 106 Å². The van der Waals surface area contributed by atoms with E-state index in [2.05, 4.69) is 148 Å². The zero-order valence-corrected chi connectivity index (χ0v) is 81.2. The molecule has 614 valence electrons. The van der Waals surface area contributed by atoms with E-state index < -0.39 is 42.7 Å². The number of ether oxygens (including phenoxy) is 2. The van der Waals surface area contributed by atoms with Gasteiger partial charge >= 0.3 is 544 Å². The van der Waals surface area contributed by atoms with E-state index in [0.29, 0.717) is 23.0 Å². The number of aryl methyl sites for hydroxylation is 2. The van der Waals surface area contributed by atoms with Crippen molar-refractivity contribution in [2.45, 2.75) is 325 Å². The normalized spacial score (nSPS) is 12.3. The molecule has 0 saturated heterocycles. The van der Waals surface area contributed by atoms with E-state index >= 15 is 8.78 Å². The van der Waals surface area contributed by atoms with Crippen LogP contribution in [-0.2, 0) is 0 Å². The number of hydrogen-bond acceptors (Lipinski definition) is 12. The molecule has 12 aromatic rings. The topological polar surface area (TPSA) is 70.0 Å². The van der Waals surface area contributed by atoms with Crippen LogP contribution in [0, 0.1) is 39.3 Å². The molecule has 0 unspecified atom stereocenters. The summed E-state index contributed by atoms with van der Waals surface area (Å²) in [4.78, 5) is 8.54. The summed E-state index contributed by atoms with van der Waals surface area (Å²) in [7, 11) is -3.66. The first-order valence-corrected chi connectivity index (χ1v) is 57.6. The van der Waals surface area contributed by atoms with E-state index in [9.17, 15) is 0 Å². The molecule has 8 aromatic heterocycles. The molecule has 12 rings (SSSR count). The third-order valence-corrected chi connectivity index (χ3v) is 46.5. The number of aromatic nitrogens is 4. The van der Waals surface area contributed by atoms with Gasteiger partial charge in [-0.05, 0) is 0 Å². The number of unbranched alkanes of at least 4 members (excludes halogenated alkanes) is 24. The fraction of sp³-hybridized carbons (Fsp3) is 0.542. The maximum atomic E-state index is 17.4. The molecule has 6 nitrogen and oxygen atoms in total. The molecule has 8 heterocycles. The fourth-order valence-corrected chi connectivity index (χ4v) is 41.0. The second-order valence-electron chi connectivity index (χ2n) is 33.0. The van der Waals surface area contributed by atoms with Crippen LogP contribution in [0.4, 0.5) is 8.78 Å². The summed E-state index contributed by atoms with van der Waals surface area (Å²) in [5.74, 6) is -0.0164. The zero-order chi connectivity index (χ0) is 80.1. The van der Waals surface area contributed by atoms with Gasteiger partial charge < -0.3 is 0 Å². The zero-order valence-electron chi connectivity index (χ0n) is 70.8. The van der Waals surface area contributed by atoms with Crippen molar-refractivity contribution in [2.75, 3.05) is 13.2 Å². The van der Waals surface area contributed by atoms with Crippen LogP contribution < -0.4 is 18.5 Å². The van der Waals surface area contributed by atoms with Crippen LogP contribution in [0.15, 0.2) is 72.8 Å². The predicted molar refractivity (Wildman–Crippen MR) is 509 cm³/mol. The molecule has 0 amide bonds. The Bertz CT molecular complexity index is 4880. The minimum atomic E-state index is -1.83. The Hall–Kier alpha value is -4.27. The molecule has 0 aliphatic heterocycles. The van der Waals surface area contributed by atoms with Gasteiger partial charge in [-0.2, -0.15) is 0 Å². The van der Waals surface area contributed by atoms with Crippen LogP contribution in [0.5, 0.6) is 11.5 Å². The van der Waals surface area contributed by atoms with Crippen molar-refractivity contribution < 1.29 is 18.3 Å². The Labute approximate surface area is 721 Å². The number of nitrogens with zero attached hydrogens (tertiary/aromatic N) is 4. The number of hydrogen-bond donors (Lipinski definition) is 0. The van der Waals surface area contributed by atoms with Crippen molar-refractivity contribution in [1.29, 1.82) is 0 Å². The van der Waals surface area contributed by atoms with E-state index in [1.165, 1.54) is 290 Å².